The van der Waals surface area contributed by atoms with Crippen molar-refractivity contribution in [2.24, 2.45) is 0 Å². The van der Waals surface area contributed by atoms with Crippen LogP contribution >= 0.6 is 31.9 Å². The van der Waals surface area contributed by atoms with Gasteiger partial charge in [-0.1, -0.05) is 37.9 Å². The molecule has 1 fully saturated rings. The van der Waals surface area contributed by atoms with Gasteiger partial charge in [0.1, 0.15) is 5.82 Å². The highest BCUT2D eigenvalue weighted by atomic mass is 79.9. The van der Waals surface area contributed by atoms with Gasteiger partial charge < -0.3 is 0 Å². The molecule has 100 valence electrons. The summed E-state index contributed by atoms with van der Waals surface area (Å²) in [7, 11) is 0. The SMILES string of the molecule is Fc1cc(Br)ccc1CN1CCCC1CCCBr. The molecule has 1 unspecified atom stereocenters. The van der Waals surface area contributed by atoms with Gasteiger partial charge in [-0.3, -0.25) is 4.90 Å². The first kappa shape index (κ1) is 14.5. The Morgan fingerprint density at radius 2 is 2.22 bits per heavy atom. The molecule has 1 atom stereocenters. The summed E-state index contributed by atoms with van der Waals surface area (Å²) < 4.78 is 14.6. The van der Waals surface area contributed by atoms with Gasteiger partial charge in [0.2, 0.25) is 0 Å². The summed E-state index contributed by atoms with van der Waals surface area (Å²) >= 11 is 6.78. The maximum atomic E-state index is 13.8. The first-order chi connectivity index (χ1) is 8.70. The Morgan fingerprint density at radius 3 is 2.94 bits per heavy atom. The van der Waals surface area contributed by atoms with Crippen LogP contribution in [0.2, 0.25) is 0 Å². The first-order valence-corrected chi connectivity index (χ1v) is 8.36. The fraction of sp³-hybridized carbons (Fsp3) is 0.571. The largest absolute Gasteiger partial charge is 0.296 e. The van der Waals surface area contributed by atoms with Crippen molar-refractivity contribution in [2.45, 2.75) is 38.3 Å². The number of likely N-dealkylation sites (tertiary alicyclic amines) is 1. The average Bonchev–Trinajstić information content (AvgIpc) is 2.77. The van der Waals surface area contributed by atoms with E-state index in [-0.39, 0.29) is 5.82 Å². The lowest BCUT2D eigenvalue weighted by molar-refractivity contribution is 0.231. The second-order valence-corrected chi connectivity index (χ2v) is 6.54. The fourth-order valence-electron chi connectivity index (χ4n) is 2.61. The van der Waals surface area contributed by atoms with E-state index in [4.69, 9.17) is 0 Å². The molecule has 0 N–H and O–H groups in total. The number of hydrogen-bond acceptors (Lipinski definition) is 1. The van der Waals surface area contributed by atoms with E-state index in [2.05, 4.69) is 36.8 Å². The summed E-state index contributed by atoms with van der Waals surface area (Å²) in [5.74, 6) is -0.101. The molecular formula is C14H18Br2FN. The van der Waals surface area contributed by atoms with E-state index in [0.29, 0.717) is 6.04 Å². The number of benzene rings is 1. The summed E-state index contributed by atoms with van der Waals surface area (Å²) in [6.45, 7) is 1.84. The third-order valence-corrected chi connectivity index (χ3v) is 4.61. The van der Waals surface area contributed by atoms with Crippen molar-refractivity contribution in [3.8, 4) is 0 Å². The molecule has 2 rings (SSSR count). The standard InChI is InChI=1S/C14H18Br2FN/c15-7-1-3-13-4-2-8-18(13)10-11-5-6-12(16)9-14(11)17/h5-6,9,13H,1-4,7-8,10H2. The maximum absolute atomic E-state index is 13.8. The molecule has 1 heterocycles. The molecule has 0 saturated carbocycles. The molecular weight excluding hydrogens is 361 g/mol. The topological polar surface area (TPSA) is 3.24 Å². The second-order valence-electron chi connectivity index (χ2n) is 4.83. The van der Waals surface area contributed by atoms with Gasteiger partial charge in [0.05, 0.1) is 0 Å². The highest BCUT2D eigenvalue weighted by Gasteiger charge is 2.24. The third-order valence-electron chi connectivity index (χ3n) is 3.56. The van der Waals surface area contributed by atoms with E-state index >= 15 is 0 Å². The molecule has 0 aromatic heterocycles. The zero-order valence-electron chi connectivity index (χ0n) is 10.3. The van der Waals surface area contributed by atoms with Crippen LogP contribution in [0.3, 0.4) is 0 Å². The lowest BCUT2D eigenvalue weighted by Gasteiger charge is -2.24. The quantitative estimate of drug-likeness (QED) is 0.669. The van der Waals surface area contributed by atoms with E-state index in [1.165, 1.54) is 25.7 Å². The van der Waals surface area contributed by atoms with Crippen LogP contribution < -0.4 is 0 Å². The highest BCUT2D eigenvalue weighted by Crippen LogP contribution is 2.25. The minimum Gasteiger partial charge on any atom is -0.296 e. The highest BCUT2D eigenvalue weighted by molar-refractivity contribution is 9.10. The van der Waals surface area contributed by atoms with E-state index in [1.54, 1.807) is 6.07 Å². The van der Waals surface area contributed by atoms with E-state index in [0.717, 1.165) is 28.5 Å². The van der Waals surface area contributed by atoms with E-state index in [1.807, 2.05) is 12.1 Å². The number of rotatable bonds is 5. The molecule has 0 aliphatic carbocycles. The number of alkyl halides is 1. The van der Waals surface area contributed by atoms with Crippen LogP contribution in [0.1, 0.15) is 31.2 Å². The van der Waals surface area contributed by atoms with Crippen molar-refractivity contribution < 1.29 is 4.39 Å². The van der Waals surface area contributed by atoms with Gasteiger partial charge in [0.25, 0.3) is 0 Å². The Bertz CT molecular complexity index is 397. The Balaban J connectivity index is 1.99. The Kier molecular flexibility index (Phi) is 5.64. The Labute approximate surface area is 125 Å². The molecule has 1 aromatic rings. The molecule has 1 nitrogen and oxygen atoms in total. The summed E-state index contributed by atoms with van der Waals surface area (Å²) in [5.41, 5.74) is 0.809. The lowest BCUT2D eigenvalue weighted by Crippen LogP contribution is -2.29. The Morgan fingerprint density at radius 1 is 1.39 bits per heavy atom. The number of halogens is 3. The van der Waals surface area contributed by atoms with Gasteiger partial charge in [-0.05, 0) is 44.4 Å². The van der Waals surface area contributed by atoms with Crippen molar-refractivity contribution in [3.63, 3.8) is 0 Å². The van der Waals surface area contributed by atoms with Crippen molar-refractivity contribution >= 4 is 31.9 Å². The third kappa shape index (κ3) is 3.78. The van der Waals surface area contributed by atoms with Crippen LogP contribution in [-0.4, -0.2) is 22.8 Å². The van der Waals surface area contributed by atoms with Crippen molar-refractivity contribution in [1.29, 1.82) is 0 Å². The minimum atomic E-state index is -0.101. The predicted octanol–water partition coefficient (Wildman–Crippen LogP) is 4.73. The summed E-state index contributed by atoms with van der Waals surface area (Å²) in [5, 5.41) is 1.06. The van der Waals surface area contributed by atoms with Crippen LogP contribution in [0.5, 0.6) is 0 Å². The second kappa shape index (κ2) is 7.01. The first-order valence-electron chi connectivity index (χ1n) is 6.44. The zero-order chi connectivity index (χ0) is 13.0. The maximum Gasteiger partial charge on any atom is 0.128 e. The molecule has 1 aliphatic heterocycles. The van der Waals surface area contributed by atoms with Crippen molar-refractivity contribution in [3.05, 3.63) is 34.1 Å². The lowest BCUT2D eigenvalue weighted by atomic mass is 10.1. The van der Waals surface area contributed by atoms with Gasteiger partial charge in [0, 0.05) is 28.0 Å². The molecule has 4 heteroatoms. The van der Waals surface area contributed by atoms with Gasteiger partial charge in [-0.25, -0.2) is 4.39 Å². The molecule has 1 aliphatic rings. The summed E-state index contributed by atoms with van der Waals surface area (Å²) in [6, 6.07) is 5.99. The molecule has 0 radical (unpaired) electrons. The summed E-state index contributed by atoms with van der Waals surface area (Å²) in [4.78, 5) is 2.43. The van der Waals surface area contributed by atoms with Crippen LogP contribution in [-0.2, 0) is 6.54 Å². The molecule has 1 aromatic carbocycles. The molecule has 18 heavy (non-hydrogen) atoms. The Hall–Kier alpha value is 0.0700. The predicted molar refractivity (Wildman–Crippen MR) is 80.6 cm³/mol. The van der Waals surface area contributed by atoms with Crippen LogP contribution in [0.15, 0.2) is 22.7 Å². The van der Waals surface area contributed by atoms with Crippen LogP contribution in [0.4, 0.5) is 4.39 Å². The summed E-state index contributed by atoms with van der Waals surface area (Å²) in [6.07, 6.45) is 4.91. The fourth-order valence-corrected chi connectivity index (χ4v) is 3.27. The van der Waals surface area contributed by atoms with Crippen LogP contribution in [0, 0.1) is 5.82 Å². The monoisotopic (exact) mass is 377 g/mol. The average molecular weight is 379 g/mol. The van der Waals surface area contributed by atoms with Gasteiger partial charge in [0.15, 0.2) is 0 Å². The van der Waals surface area contributed by atoms with E-state index in [9.17, 15) is 4.39 Å². The van der Waals surface area contributed by atoms with E-state index < -0.39 is 0 Å². The molecule has 0 amide bonds. The van der Waals surface area contributed by atoms with Crippen LogP contribution in [0.25, 0.3) is 0 Å². The van der Waals surface area contributed by atoms with Crippen molar-refractivity contribution in [1.82, 2.24) is 4.90 Å². The smallest absolute Gasteiger partial charge is 0.128 e. The number of nitrogens with zero attached hydrogens (tertiary/aromatic N) is 1. The van der Waals surface area contributed by atoms with Gasteiger partial charge in [-0.2, -0.15) is 0 Å². The minimum absolute atomic E-state index is 0.101. The number of hydrogen-bond donors (Lipinski definition) is 0. The molecule has 1 saturated heterocycles. The molecule has 0 spiro atoms. The van der Waals surface area contributed by atoms with Gasteiger partial charge >= 0.3 is 0 Å². The van der Waals surface area contributed by atoms with Crippen molar-refractivity contribution in [2.75, 3.05) is 11.9 Å². The zero-order valence-corrected chi connectivity index (χ0v) is 13.5. The van der Waals surface area contributed by atoms with Gasteiger partial charge in [-0.15, -0.1) is 0 Å². The molecule has 0 bridgehead atoms. The normalized spacial score (nSPS) is 20.5.